The molecule has 0 radical (unpaired) electrons. The van der Waals surface area contributed by atoms with E-state index in [1.165, 1.54) is 6.07 Å². The quantitative estimate of drug-likeness (QED) is 0.886. The second-order valence-electron chi connectivity index (χ2n) is 3.59. The lowest BCUT2D eigenvalue weighted by molar-refractivity contribution is 0.913. The Morgan fingerprint density at radius 1 is 1.35 bits per heavy atom. The van der Waals surface area contributed by atoms with Gasteiger partial charge in [0.2, 0.25) is 0 Å². The number of rotatable bonds is 3. The molecule has 0 saturated carbocycles. The largest absolute Gasteiger partial charge is 0.310 e. The van der Waals surface area contributed by atoms with Gasteiger partial charge in [-0.25, -0.2) is 4.98 Å². The number of hydrogen-bond donors (Lipinski definition) is 1. The molecule has 2 aromatic rings. The molecule has 0 aliphatic rings. The molecule has 0 atom stereocenters. The first-order valence-electron chi connectivity index (χ1n) is 5.07. The maximum absolute atomic E-state index is 11.4. The van der Waals surface area contributed by atoms with Crippen molar-refractivity contribution in [2.75, 3.05) is 0 Å². The third-order valence-corrected chi connectivity index (χ3v) is 3.34. The second-order valence-corrected chi connectivity index (χ2v) is 4.71. The predicted octanol–water partition coefficient (Wildman–Crippen LogP) is 2.86. The number of nitrogens with zero attached hydrogens (tertiary/aromatic N) is 1. The summed E-state index contributed by atoms with van der Waals surface area (Å²) in [6, 6.07) is 9.25. The van der Waals surface area contributed by atoms with Crippen molar-refractivity contribution in [3.63, 3.8) is 0 Å². The minimum atomic E-state index is -0.169. The summed E-state index contributed by atoms with van der Waals surface area (Å²) in [6.07, 6.45) is 0.571. The van der Waals surface area contributed by atoms with Gasteiger partial charge in [-0.2, -0.15) is 0 Å². The van der Waals surface area contributed by atoms with Gasteiger partial charge in [-0.05, 0) is 11.6 Å². The highest BCUT2D eigenvalue weighted by Crippen LogP contribution is 2.17. The second kappa shape index (κ2) is 5.47. The summed E-state index contributed by atoms with van der Waals surface area (Å²) in [5.41, 5.74) is 1.50. The van der Waals surface area contributed by atoms with Crippen LogP contribution in [0.25, 0.3) is 0 Å². The van der Waals surface area contributed by atoms with Gasteiger partial charge in [0, 0.05) is 17.0 Å². The molecule has 0 saturated heterocycles. The standard InChI is InChI=1S/C12H10BrClN2O/c13-10-4-2-1-3-8(10)5-11-15-9(7-14)6-12(17)16-11/h1-4,6H,5,7H2,(H,15,16,17). The molecule has 17 heavy (non-hydrogen) atoms. The Balaban J connectivity index is 2.33. The minimum absolute atomic E-state index is 0.169. The zero-order valence-corrected chi connectivity index (χ0v) is 11.3. The van der Waals surface area contributed by atoms with Crippen molar-refractivity contribution in [1.29, 1.82) is 0 Å². The van der Waals surface area contributed by atoms with Crippen LogP contribution in [0.1, 0.15) is 17.1 Å². The van der Waals surface area contributed by atoms with Crippen LogP contribution in [0.5, 0.6) is 0 Å². The van der Waals surface area contributed by atoms with E-state index in [-0.39, 0.29) is 11.4 Å². The first-order chi connectivity index (χ1) is 8.19. The molecule has 0 aliphatic carbocycles. The van der Waals surface area contributed by atoms with Crippen molar-refractivity contribution in [2.24, 2.45) is 0 Å². The van der Waals surface area contributed by atoms with Crippen LogP contribution in [-0.2, 0) is 12.3 Å². The van der Waals surface area contributed by atoms with Gasteiger partial charge in [0.1, 0.15) is 5.82 Å². The maximum atomic E-state index is 11.4. The van der Waals surface area contributed by atoms with E-state index in [1.54, 1.807) is 0 Å². The number of aromatic amines is 1. The van der Waals surface area contributed by atoms with Crippen molar-refractivity contribution in [3.8, 4) is 0 Å². The molecule has 3 nitrogen and oxygen atoms in total. The van der Waals surface area contributed by atoms with Crippen LogP contribution in [0, 0.1) is 0 Å². The van der Waals surface area contributed by atoms with Crippen molar-refractivity contribution < 1.29 is 0 Å². The fourth-order valence-electron chi connectivity index (χ4n) is 1.54. The van der Waals surface area contributed by atoms with E-state index in [4.69, 9.17) is 11.6 Å². The Labute approximate surface area is 112 Å². The van der Waals surface area contributed by atoms with E-state index < -0.39 is 0 Å². The number of halogens is 2. The lowest BCUT2D eigenvalue weighted by Crippen LogP contribution is -2.12. The Morgan fingerprint density at radius 2 is 2.12 bits per heavy atom. The number of aromatic nitrogens is 2. The maximum Gasteiger partial charge on any atom is 0.251 e. The third kappa shape index (κ3) is 3.17. The fraction of sp³-hybridized carbons (Fsp3) is 0.167. The van der Waals surface area contributed by atoms with Gasteiger partial charge in [0.15, 0.2) is 0 Å². The van der Waals surface area contributed by atoms with Crippen LogP contribution in [0.2, 0.25) is 0 Å². The molecule has 1 aromatic heterocycles. The van der Waals surface area contributed by atoms with Gasteiger partial charge >= 0.3 is 0 Å². The molecule has 0 spiro atoms. The molecule has 5 heteroatoms. The fourth-order valence-corrected chi connectivity index (χ4v) is 2.10. The highest BCUT2D eigenvalue weighted by molar-refractivity contribution is 9.10. The number of hydrogen-bond acceptors (Lipinski definition) is 2. The summed E-state index contributed by atoms with van der Waals surface area (Å²) in [4.78, 5) is 18.4. The zero-order chi connectivity index (χ0) is 12.3. The lowest BCUT2D eigenvalue weighted by Gasteiger charge is -2.04. The average Bonchev–Trinajstić information content (AvgIpc) is 2.31. The number of alkyl halides is 1. The van der Waals surface area contributed by atoms with Crippen LogP contribution in [0.4, 0.5) is 0 Å². The van der Waals surface area contributed by atoms with E-state index in [9.17, 15) is 4.79 Å². The molecule has 1 aromatic carbocycles. The first-order valence-corrected chi connectivity index (χ1v) is 6.40. The van der Waals surface area contributed by atoms with E-state index >= 15 is 0 Å². The van der Waals surface area contributed by atoms with Gasteiger partial charge < -0.3 is 4.98 Å². The molecule has 0 bridgehead atoms. The number of H-pyrrole nitrogens is 1. The number of benzene rings is 1. The predicted molar refractivity (Wildman–Crippen MR) is 71.4 cm³/mol. The van der Waals surface area contributed by atoms with Crippen LogP contribution < -0.4 is 5.56 Å². The smallest absolute Gasteiger partial charge is 0.251 e. The van der Waals surface area contributed by atoms with Crippen molar-refractivity contribution in [1.82, 2.24) is 9.97 Å². The van der Waals surface area contributed by atoms with Crippen molar-refractivity contribution in [3.05, 3.63) is 62.2 Å². The summed E-state index contributed by atoms with van der Waals surface area (Å²) in [7, 11) is 0. The van der Waals surface area contributed by atoms with Crippen molar-refractivity contribution >= 4 is 27.5 Å². The molecular weight excluding hydrogens is 304 g/mol. The van der Waals surface area contributed by atoms with E-state index in [0.29, 0.717) is 17.9 Å². The van der Waals surface area contributed by atoms with Gasteiger partial charge in [0.25, 0.3) is 5.56 Å². The average molecular weight is 314 g/mol. The topological polar surface area (TPSA) is 45.8 Å². The highest BCUT2D eigenvalue weighted by Gasteiger charge is 2.04. The SMILES string of the molecule is O=c1cc(CCl)nc(Cc2ccccc2Br)[nH]1. The van der Waals surface area contributed by atoms with Crippen LogP contribution in [0.15, 0.2) is 39.6 Å². The van der Waals surface area contributed by atoms with Gasteiger partial charge in [0.05, 0.1) is 11.6 Å². The summed E-state index contributed by atoms with van der Waals surface area (Å²) >= 11 is 9.14. The van der Waals surface area contributed by atoms with E-state index in [2.05, 4.69) is 25.9 Å². The normalized spacial score (nSPS) is 10.5. The van der Waals surface area contributed by atoms with Gasteiger partial charge in [-0.3, -0.25) is 4.79 Å². The van der Waals surface area contributed by atoms with Crippen LogP contribution in [0.3, 0.4) is 0 Å². The first kappa shape index (κ1) is 12.3. The summed E-state index contributed by atoms with van der Waals surface area (Å²) in [5.74, 6) is 0.868. The third-order valence-electron chi connectivity index (χ3n) is 2.30. The number of nitrogens with one attached hydrogen (secondary N) is 1. The van der Waals surface area contributed by atoms with Gasteiger partial charge in [-0.15, -0.1) is 11.6 Å². The molecule has 1 N–H and O–H groups in total. The molecule has 0 amide bonds. The highest BCUT2D eigenvalue weighted by atomic mass is 79.9. The molecule has 0 aliphatic heterocycles. The van der Waals surface area contributed by atoms with Crippen LogP contribution >= 0.6 is 27.5 Å². The Morgan fingerprint density at radius 3 is 2.82 bits per heavy atom. The van der Waals surface area contributed by atoms with Crippen molar-refractivity contribution in [2.45, 2.75) is 12.3 Å². The van der Waals surface area contributed by atoms with E-state index in [0.717, 1.165) is 10.0 Å². The summed E-state index contributed by atoms with van der Waals surface area (Å²) in [5, 5.41) is 0. The summed E-state index contributed by atoms with van der Waals surface area (Å²) < 4.78 is 0.999. The van der Waals surface area contributed by atoms with Gasteiger partial charge in [-0.1, -0.05) is 34.1 Å². The molecule has 88 valence electrons. The minimum Gasteiger partial charge on any atom is -0.310 e. The molecule has 0 fully saturated rings. The summed E-state index contributed by atoms with van der Waals surface area (Å²) in [6.45, 7) is 0. The monoisotopic (exact) mass is 312 g/mol. The Hall–Kier alpha value is -1.13. The van der Waals surface area contributed by atoms with E-state index in [1.807, 2.05) is 24.3 Å². The molecule has 0 unspecified atom stereocenters. The van der Waals surface area contributed by atoms with Crippen LogP contribution in [-0.4, -0.2) is 9.97 Å². The molecule has 1 heterocycles. The zero-order valence-electron chi connectivity index (χ0n) is 8.91. The Bertz CT molecular complexity index is 583. The Kier molecular flexibility index (Phi) is 3.97. The molecule has 2 rings (SSSR count). The molecular formula is C12H10BrClN2O. The lowest BCUT2D eigenvalue weighted by atomic mass is 10.1.